The van der Waals surface area contributed by atoms with E-state index in [1.807, 2.05) is 54.6 Å². The summed E-state index contributed by atoms with van der Waals surface area (Å²) in [5.41, 5.74) is 9.19. The third-order valence-electron chi connectivity index (χ3n) is 11.1. The molecule has 8 nitrogen and oxygen atoms in total. The first-order valence-corrected chi connectivity index (χ1v) is 16.2. The van der Waals surface area contributed by atoms with Crippen LogP contribution in [0.4, 0.5) is 0 Å². The Hall–Kier alpha value is -3.26. The molecule has 4 aromatic rings. The van der Waals surface area contributed by atoms with Gasteiger partial charge in [0, 0.05) is 39.9 Å². The van der Waals surface area contributed by atoms with Gasteiger partial charge in [0.05, 0.1) is 12.5 Å². The van der Waals surface area contributed by atoms with Crippen LogP contribution in [0.2, 0.25) is 0 Å². The smallest absolute Gasteiger partial charge is 0.373 e. The van der Waals surface area contributed by atoms with Crippen LogP contribution in [0.25, 0.3) is 21.9 Å². The first-order valence-electron chi connectivity index (χ1n) is 16.2. The van der Waals surface area contributed by atoms with E-state index < -0.39 is 0 Å². The van der Waals surface area contributed by atoms with Gasteiger partial charge in [-0.2, -0.15) is 9.59 Å². The van der Waals surface area contributed by atoms with Crippen LogP contribution in [0.3, 0.4) is 0 Å². The van der Waals surface area contributed by atoms with Crippen molar-refractivity contribution in [3.8, 4) is 0 Å². The fourth-order valence-corrected chi connectivity index (χ4v) is 8.09. The molecule has 2 atom stereocenters. The van der Waals surface area contributed by atoms with E-state index in [1.165, 1.54) is 51.9 Å². The zero-order valence-electron chi connectivity index (χ0n) is 27.4. The molecule has 0 radical (unpaired) electrons. The molecule has 4 bridgehead atoms. The van der Waals surface area contributed by atoms with Crippen molar-refractivity contribution in [3.05, 3.63) is 72.7 Å². The summed E-state index contributed by atoms with van der Waals surface area (Å²) in [6, 6.07) is 18.0. The van der Waals surface area contributed by atoms with Gasteiger partial charge >= 0.3 is 6.15 Å². The highest BCUT2D eigenvalue weighted by atomic mass is 35.5. The van der Waals surface area contributed by atoms with Gasteiger partial charge in [-0.3, -0.25) is 14.6 Å². The Morgan fingerprint density at radius 3 is 1.83 bits per heavy atom. The topological polar surface area (TPSA) is 110 Å². The summed E-state index contributed by atoms with van der Waals surface area (Å²) in [5, 5.41) is 2.18. The van der Waals surface area contributed by atoms with Crippen molar-refractivity contribution in [2.75, 3.05) is 26.2 Å². The van der Waals surface area contributed by atoms with Crippen molar-refractivity contribution < 1.29 is 23.2 Å². The van der Waals surface area contributed by atoms with Gasteiger partial charge in [0.15, 0.2) is 5.78 Å². The summed E-state index contributed by atoms with van der Waals surface area (Å²) in [5.74, 6) is 2.26. The lowest BCUT2D eigenvalue weighted by Crippen LogP contribution is -2.67. The van der Waals surface area contributed by atoms with E-state index >= 15 is 0 Å². The molecule has 0 aliphatic carbocycles. The second kappa shape index (κ2) is 15.1. The third kappa shape index (κ3) is 7.48. The average Bonchev–Trinajstić information content (AvgIpc) is 3.72. The van der Waals surface area contributed by atoms with Crippen LogP contribution in [0.15, 0.2) is 76.0 Å². The molecular formula is C37H48ClN3O5. The molecule has 248 valence electrons. The minimum atomic E-state index is 0. The maximum absolute atomic E-state index is 12.8. The summed E-state index contributed by atoms with van der Waals surface area (Å²) < 4.78 is 10.5. The minimum absolute atomic E-state index is 0. The molecule has 0 saturated carbocycles. The summed E-state index contributed by atoms with van der Waals surface area (Å²) >= 11 is 0. The fourth-order valence-electron chi connectivity index (χ4n) is 8.09. The number of nitrogens with two attached hydrogens (primary N) is 1. The Bertz CT molecular complexity index is 1570. The highest BCUT2D eigenvalue weighted by Crippen LogP contribution is 2.45. The standard InChI is InChI=1S/C19H23NO2.C9H18N2.C8H6O.CO2.ClH/c1-19(2)16(13-5-8-20(19)9-6-13)12-17(21)14-3-4-18-15(11-14)7-10-22-18;1-9(2)8(10)7-3-5-11(9)6-4-7;1-2-4-8-7(3-1)5-6-9-8;2-1-3;/h3-4,7,10-11,13,16H,5-6,8-9,12H2,1-2H3;7-8H,3-6,10H2,1-2H3;1-6H;;1H/t16-;8-;;;/m00.../s1. The summed E-state index contributed by atoms with van der Waals surface area (Å²) in [6.07, 6.45) is 9.44. The number of fused-ring (bicyclic) bond motifs is 8. The molecular weight excluding hydrogens is 602 g/mol. The largest absolute Gasteiger partial charge is 0.464 e. The quantitative estimate of drug-likeness (QED) is 0.232. The molecule has 6 saturated heterocycles. The molecule has 2 aromatic carbocycles. The number of carbonyl (C=O) groups excluding carboxylic acids is 3. The monoisotopic (exact) mass is 649 g/mol. The fraction of sp³-hybridized carbons (Fsp3) is 0.514. The number of halogens is 1. The molecule has 9 heteroatoms. The van der Waals surface area contributed by atoms with Crippen LogP contribution in [-0.4, -0.2) is 65.0 Å². The Balaban J connectivity index is 0.000000167. The zero-order chi connectivity index (χ0) is 32.2. The number of piperidine rings is 6. The van der Waals surface area contributed by atoms with Gasteiger partial charge in [-0.15, -0.1) is 12.4 Å². The molecule has 0 unspecified atom stereocenters. The number of ketones is 1. The Morgan fingerprint density at radius 2 is 1.30 bits per heavy atom. The van der Waals surface area contributed by atoms with E-state index in [1.54, 1.807) is 12.5 Å². The maximum atomic E-state index is 12.8. The second-order valence-corrected chi connectivity index (χ2v) is 13.9. The number of furan rings is 2. The number of hydrogen-bond acceptors (Lipinski definition) is 8. The molecule has 2 aromatic heterocycles. The normalized spacial score (nSPS) is 27.8. The summed E-state index contributed by atoms with van der Waals surface area (Å²) in [7, 11) is 0. The van der Waals surface area contributed by atoms with Crippen LogP contribution in [0.1, 0.15) is 70.2 Å². The molecule has 0 amide bonds. The van der Waals surface area contributed by atoms with Crippen LogP contribution in [-0.2, 0) is 9.59 Å². The first-order chi connectivity index (χ1) is 21.6. The van der Waals surface area contributed by atoms with Gasteiger partial charge in [0.2, 0.25) is 0 Å². The molecule has 6 aliphatic heterocycles. The lowest BCUT2D eigenvalue weighted by atomic mass is 9.65. The first kappa shape index (κ1) is 35.6. The lowest BCUT2D eigenvalue weighted by Gasteiger charge is -2.56. The van der Waals surface area contributed by atoms with Gasteiger partial charge in [-0.1, -0.05) is 18.2 Å². The van der Waals surface area contributed by atoms with Gasteiger partial charge in [-0.25, -0.2) is 0 Å². The van der Waals surface area contributed by atoms with Gasteiger partial charge in [0.1, 0.15) is 11.2 Å². The minimum Gasteiger partial charge on any atom is -0.464 e. The molecule has 2 N–H and O–H groups in total. The van der Waals surface area contributed by atoms with Gasteiger partial charge in [-0.05, 0) is 134 Å². The van der Waals surface area contributed by atoms with E-state index in [2.05, 4.69) is 37.5 Å². The van der Waals surface area contributed by atoms with Gasteiger partial charge in [0.25, 0.3) is 0 Å². The number of para-hydroxylation sites is 1. The zero-order valence-corrected chi connectivity index (χ0v) is 28.3. The van der Waals surface area contributed by atoms with Crippen LogP contribution in [0.5, 0.6) is 0 Å². The Labute approximate surface area is 278 Å². The van der Waals surface area contributed by atoms with Crippen LogP contribution in [0, 0.1) is 17.8 Å². The summed E-state index contributed by atoms with van der Waals surface area (Å²) in [4.78, 5) is 34.2. The van der Waals surface area contributed by atoms with Crippen molar-refractivity contribution in [2.24, 2.45) is 23.5 Å². The SMILES string of the molecule is CC1(C)[C@@H](CC(=O)c2ccc3occc3c2)C2CCN1CC2.CC1(C)[C@@H](N)C2CCN1CC2.Cl.O=C=O.c1ccc2occc2c1. The number of benzene rings is 2. The van der Waals surface area contributed by atoms with Crippen LogP contribution < -0.4 is 5.73 Å². The highest BCUT2D eigenvalue weighted by Gasteiger charge is 2.48. The molecule has 46 heavy (non-hydrogen) atoms. The maximum Gasteiger partial charge on any atom is 0.373 e. The van der Waals surface area contributed by atoms with Crippen molar-refractivity contribution in [1.82, 2.24) is 9.80 Å². The van der Waals surface area contributed by atoms with E-state index in [9.17, 15) is 4.79 Å². The lowest BCUT2D eigenvalue weighted by molar-refractivity contribution is -0.191. The number of Topliss-reactive ketones (excluding diaryl/α,β-unsaturated/α-hetero) is 1. The highest BCUT2D eigenvalue weighted by molar-refractivity contribution is 5.99. The predicted molar refractivity (Wildman–Crippen MR) is 182 cm³/mol. The Kier molecular flexibility index (Phi) is 11.7. The number of nitrogens with zero attached hydrogens (tertiary/aromatic N) is 2. The predicted octanol–water partition coefficient (Wildman–Crippen LogP) is 7.22. The molecule has 8 heterocycles. The van der Waals surface area contributed by atoms with E-state index in [4.69, 9.17) is 24.2 Å². The molecule has 10 rings (SSSR count). The number of carbonyl (C=O) groups is 1. The van der Waals surface area contributed by atoms with Crippen molar-refractivity contribution in [2.45, 2.75) is 76.9 Å². The van der Waals surface area contributed by atoms with Gasteiger partial charge < -0.3 is 14.6 Å². The molecule has 6 fully saturated rings. The number of hydrogen-bond donors (Lipinski definition) is 1. The summed E-state index contributed by atoms with van der Waals surface area (Å²) in [6.45, 7) is 14.1. The van der Waals surface area contributed by atoms with Crippen molar-refractivity contribution >= 4 is 46.3 Å². The van der Waals surface area contributed by atoms with E-state index in [0.717, 1.165) is 33.4 Å². The van der Waals surface area contributed by atoms with Crippen molar-refractivity contribution in [3.63, 3.8) is 0 Å². The van der Waals surface area contributed by atoms with Crippen LogP contribution >= 0.6 is 12.4 Å². The van der Waals surface area contributed by atoms with Crippen molar-refractivity contribution in [1.29, 1.82) is 0 Å². The second-order valence-electron chi connectivity index (χ2n) is 13.9. The molecule has 6 aliphatic rings. The number of rotatable bonds is 3. The third-order valence-corrected chi connectivity index (χ3v) is 11.1. The Morgan fingerprint density at radius 1 is 0.783 bits per heavy atom. The van der Waals surface area contributed by atoms with E-state index in [-0.39, 0.29) is 35.4 Å². The average molecular weight is 650 g/mol. The molecule has 0 spiro atoms. The van der Waals surface area contributed by atoms with E-state index in [0.29, 0.717) is 24.3 Å².